The zero-order valence-corrected chi connectivity index (χ0v) is 13.0. The van der Waals surface area contributed by atoms with Gasteiger partial charge in [0, 0.05) is 21.2 Å². The molecule has 18 heavy (non-hydrogen) atoms. The summed E-state index contributed by atoms with van der Waals surface area (Å²) in [4.78, 5) is 11.1. The van der Waals surface area contributed by atoms with E-state index >= 15 is 0 Å². The van der Waals surface area contributed by atoms with Crippen molar-refractivity contribution in [3.63, 3.8) is 0 Å². The molecule has 2 nitrogen and oxygen atoms in total. The molecule has 0 amide bonds. The van der Waals surface area contributed by atoms with E-state index in [0.29, 0.717) is 0 Å². The van der Waals surface area contributed by atoms with Gasteiger partial charge in [-0.05, 0) is 40.7 Å². The van der Waals surface area contributed by atoms with Crippen molar-refractivity contribution >= 4 is 40.3 Å². The lowest BCUT2D eigenvalue weighted by molar-refractivity contribution is -0.132. The van der Waals surface area contributed by atoms with Crippen LogP contribution in [0.2, 0.25) is 0 Å². The maximum absolute atomic E-state index is 11.1. The third kappa shape index (κ3) is 3.62. The summed E-state index contributed by atoms with van der Waals surface area (Å²) in [6, 6.07) is 10.4. The molecule has 0 bridgehead atoms. The number of carbonyl (C=O) groups is 1. The first-order valence-electron chi connectivity index (χ1n) is 5.57. The van der Waals surface area contributed by atoms with E-state index in [4.69, 9.17) is 4.74 Å². The summed E-state index contributed by atoms with van der Waals surface area (Å²) in [5.41, 5.74) is 2.23. The minimum atomic E-state index is -0.260. The van der Waals surface area contributed by atoms with Gasteiger partial charge >= 0.3 is 5.97 Å². The van der Waals surface area contributed by atoms with Gasteiger partial charge in [-0.1, -0.05) is 30.3 Å². The van der Waals surface area contributed by atoms with Crippen molar-refractivity contribution < 1.29 is 9.53 Å². The summed E-state index contributed by atoms with van der Waals surface area (Å²) in [5.74, 6) is 2.31. The number of rotatable bonds is 4. The molecule has 0 aromatic heterocycles. The van der Waals surface area contributed by atoms with Gasteiger partial charge in [0.2, 0.25) is 0 Å². The monoisotopic (exact) mass is 372 g/mol. The molecule has 0 unspecified atom stereocenters. The number of thioether (sulfide) groups is 1. The van der Waals surface area contributed by atoms with E-state index in [-0.39, 0.29) is 5.97 Å². The van der Waals surface area contributed by atoms with Crippen molar-refractivity contribution in [2.45, 2.75) is 12.7 Å². The topological polar surface area (TPSA) is 26.3 Å². The first kappa shape index (κ1) is 13.7. The smallest absolute Gasteiger partial charge is 0.336 e. The molecule has 0 saturated heterocycles. The molecule has 94 valence electrons. The van der Waals surface area contributed by atoms with Gasteiger partial charge in [0.15, 0.2) is 0 Å². The average molecular weight is 372 g/mol. The molecule has 1 aromatic carbocycles. The van der Waals surface area contributed by atoms with Crippen LogP contribution in [-0.4, -0.2) is 11.7 Å². The number of ether oxygens (including phenoxy) is 1. The minimum absolute atomic E-state index is 0.260. The molecule has 1 aliphatic heterocycles. The van der Waals surface area contributed by atoms with Gasteiger partial charge in [-0.2, -0.15) is 11.8 Å². The Bertz CT molecular complexity index is 506. The summed E-state index contributed by atoms with van der Waals surface area (Å²) in [6.45, 7) is 1.90. The Morgan fingerprint density at radius 1 is 1.33 bits per heavy atom. The lowest BCUT2D eigenvalue weighted by Crippen LogP contribution is -1.95. The summed E-state index contributed by atoms with van der Waals surface area (Å²) in [7, 11) is 0. The van der Waals surface area contributed by atoms with Gasteiger partial charge in [0.25, 0.3) is 0 Å². The Hall–Kier alpha value is -0.750. The Morgan fingerprint density at radius 2 is 2.06 bits per heavy atom. The third-order valence-electron chi connectivity index (χ3n) is 2.48. The van der Waals surface area contributed by atoms with E-state index in [0.717, 1.165) is 26.4 Å². The number of benzene rings is 1. The number of hydrogen-bond donors (Lipinski definition) is 0. The predicted molar refractivity (Wildman–Crippen MR) is 83.5 cm³/mol. The molecule has 0 spiro atoms. The summed E-state index contributed by atoms with van der Waals surface area (Å²) in [6.07, 6.45) is 1.54. The van der Waals surface area contributed by atoms with Gasteiger partial charge < -0.3 is 4.74 Å². The molecular formula is C14H13IO2S. The Balaban J connectivity index is 1.90. The van der Waals surface area contributed by atoms with Crippen LogP contribution in [0.1, 0.15) is 12.5 Å². The molecule has 0 atom stereocenters. The fraction of sp³-hybridized carbons (Fsp3) is 0.214. The number of halogens is 1. The highest BCUT2D eigenvalue weighted by atomic mass is 127. The lowest BCUT2D eigenvalue weighted by Gasteiger charge is -2.05. The van der Waals surface area contributed by atoms with Crippen LogP contribution in [0.25, 0.3) is 0 Å². The molecule has 0 N–H and O–H groups in total. The van der Waals surface area contributed by atoms with E-state index in [9.17, 15) is 4.79 Å². The molecule has 4 heteroatoms. The van der Waals surface area contributed by atoms with Crippen LogP contribution in [0.5, 0.6) is 0 Å². The zero-order valence-electron chi connectivity index (χ0n) is 9.98. The zero-order chi connectivity index (χ0) is 13.0. The van der Waals surface area contributed by atoms with Crippen LogP contribution in [0.3, 0.4) is 0 Å². The molecule has 2 rings (SSSR count). The Morgan fingerprint density at radius 3 is 2.67 bits per heavy atom. The van der Waals surface area contributed by atoms with Crippen LogP contribution in [0.15, 0.2) is 51.3 Å². The number of cyclic esters (lactones) is 1. The van der Waals surface area contributed by atoms with E-state index in [1.807, 2.05) is 36.9 Å². The van der Waals surface area contributed by atoms with Crippen LogP contribution in [0, 0.1) is 0 Å². The first-order valence-corrected chi connectivity index (χ1v) is 7.81. The predicted octanol–water partition coefficient (Wildman–Crippen LogP) is 4.07. The molecule has 1 aromatic rings. The molecule has 0 aliphatic carbocycles. The fourth-order valence-electron chi connectivity index (χ4n) is 1.62. The molecular weight excluding hydrogens is 359 g/mol. The highest BCUT2D eigenvalue weighted by Crippen LogP contribution is 2.29. The number of esters is 1. The normalized spacial score (nSPS) is 17.4. The third-order valence-corrected chi connectivity index (χ3v) is 4.90. The maximum atomic E-state index is 11.1. The maximum Gasteiger partial charge on any atom is 0.336 e. The van der Waals surface area contributed by atoms with Crippen molar-refractivity contribution in [1.82, 2.24) is 0 Å². The van der Waals surface area contributed by atoms with Crippen LogP contribution in [0.4, 0.5) is 0 Å². The Labute approximate surface area is 125 Å². The average Bonchev–Trinajstić information content (AvgIpc) is 2.70. The SMILES string of the molecule is CC1=CC(=O)O/C1=C(/I)CSCc1ccccc1. The standard InChI is InChI=1S/C14H13IO2S/c1-10-7-13(16)17-14(10)12(15)9-18-8-11-5-3-2-4-6-11/h2-7H,8-9H2,1H3/b14-12+. The van der Waals surface area contributed by atoms with Gasteiger partial charge in [0.05, 0.1) is 0 Å². The molecule has 0 radical (unpaired) electrons. The first-order chi connectivity index (χ1) is 8.66. The Kier molecular flexibility index (Phi) is 4.88. The van der Waals surface area contributed by atoms with Gasteiger partial charge in [-0.25, -0.2) is 4.79 Å². The largest absolute Gasteiger partial charge is 0.422 e. The highest BCUT2D eigenvalue weighted by Gasteiger charge is 2.19. The lowest BCUT2D eigenvalue weighted by atomic mass is 10.2. The quantitative estimate of drug-likeness (QED) is 0.589. The van der Waals surface area contributed by atoms with Crippen LogP contribution >= 0.6 is 34.4 Å². The number of carbonyl (C=O) groups excluding carboxylic acids is 1. The second-order valence-corrected chi connectivity index (χ2v) is 6.25. The van der Waals surface area contributed by atoms with Gasteiger partial charge in [0.1, 0.15) is 5.76 Å². The molecule has 0 saturated carbocycles. The highest BCUT2D eigenvalue weighted by molar-refractivity contribution is 14.1. The number of allylic oxidation sites excluding steroid dienone is 1. The van der Waals surface area contributed by atoms with E-state index in [2.05, 4.69) is 34.7 Å². The van der Waals surface area contributed by atoms with Gasteiger partial charge in [-0.15, -0.1) is 0 Å². The van der Waals surface area contributed by atoms with Crippen molar-refractivity contribution in [2.75, 3.05) is 5.75 Å². The molecule has 1 heterocycles. The van der Waals surface area contributed by atoms with E-state index in [1.54, 1.807) is 0 Å². The summed E-state index contributed by atoms with van der Waals surface area (Å²) < 4.78 is 6.26. The van der Waals surface area contributed by atoms with Crippen molar-refractivity contribution in [1.29, 1.82) is 0 Å². The molecule has 0 fully saturated rings. The van der Waals surface area contributed by atoms with Crippen molar-refractivity contribution in [3.8, 4) is 0 Å². The second kappa shape index (κ2) is 6.43. The van der Waals surface area contributed by atoms with Gasteiger partial charge in [-0.3, -0.25) is 0 Å². The number of hydrogen-bond acceptors (Lipinski definition) is 3. The summed E-state index contributed by atoms with van der Waals surface area (Å²) >= 11 is 4.07. The van der Waals surface area contributed by atoms with Crippen molar-refractivity contribution in [3.05, 3.63) is 56.9 Å². The van der Waals surface area contributed by atoms with E-state index < -0.39 is 0 Å². The van der Waals surface area contributed by atoms with Crippen molar-refractivity contribution in [2.24, 2.45) is 0 Å². The minimum Gasteiger partial charge on any atom is -0.422 e. The second-order valence-electron chi connectivity index (χ2n) is 3.96. The van der Waals surface area contributed by atoms with Crippen LogP contribution < -0.4 is 0 Å². The van der Waals surface area contributed by atoms with E-state index in [1.165, 1.54) is 11.6 Å². The fourth-order valence-corrected chi connectivity index (χ4v) is 3.66. The van der Waals surface area contributed by atoms with Crippen LogP contribution in [-0.2, 0) is 15.3 Å². The molecule has 1 aliphatic rings. The summed E-state index contributed by atoms with van der Waals surface area (Å²) in [5, 5.41) is 0.